The maximum atomic E-state index is 9.20. The van der Waals surface area contributed by atoms with Gasteiger partial charge < -0.3 is 13.9 Å². The molecule has 0 bridgehead atoms. The van der Waals surface area contributed by atoms with Crippen LogP contribution in [0.5, 0.6) is 0 Å². The molecule has 2 aromatic carbocycles. The summed E-state index contributed by atoms with van der Waals surface area (Å²) in [5, 5.41) is 12.5. The molecule has 2 heterocycles. The summed E-state index contributed by atoms with van der Waals surface area (Å²) in [6.07, 6.45) is 7.42. The summed E-state index contributed by atoms with van der Waals surface area (Å²) in [5.74, 6) is -0.130. The average Bonchev–Trinajstić information content (AvgIpc) is 3.12. The topological polar surface area (TPSA) is 57.5 Å². The third-order valence-electron chi connectivity index (χ3n) is 8.16. The van der Waals surface area contributed by atoms with E-state index < -0.39 is 8.53 Å². The van der Waals surface area contributed by atoms with E-state index in [0.29, 0.717) is 13.2 Å². The van der Waals surface area contributed by atoms with Gasteiger partial charge in [0.25, 0.3) is 8.53 Å². The van der Waals surface area contributed by atoms with Crippen LogP contribution in [0.25, 0.3) is 0 Å². The number of nitriles is 1. The van der Waals surface area contributed by atoms with Gasteiger partial charge in [-0.25, -0.2) is 5.09 Å². The number of fused-ring (bicyclic) bond motifs is 1. The van der Waals surface area contributed by atoms with E-state index in [1.165, 1.54) is 28.1 Å². The van der Waals surface area contributed by atoms with Crippen LogP contribution in [0.1, 0.15) is 57.7 Å². The quantitative estimate of drug-likeness (QED) is 0.198. The highest BCUT2D eigenvalue weighted by molar-refractivity contribution is 7.45. The van der Waals surface area contributed by atoms with Crippen LogP contribution in [0.2, 0.25) is 0 Å². The summed E-state index contributed by atoms with van der Waals surface area (Å²) in [4.78, 5) is 2.43. The zero-order valence-corrected chi connectivity index (χ0v) is 25.1. The molecular weight excluding hydrogens is 501 g/mol. The second-order valence-electron chi connectivity index (χ2n) is 11.6. The molecular formula is C33H42N3O2P. The minimum atomic E-state index is -1.15. The highest BCUT2D eigenvalue weighted by atomic mass is 31.2. The smallest absolute Gasteiger partial charge is 0.256 e. The van der Waals surface area contributed by atoms with Gasteiger partial charge in [0.2, 0.25) is 0 Å². The Morgan fingerprint density at radius 3 is 2.69 bits per heavy atom. The minimum absolute atomic E-state index is 0.0768. The number of para-hydroxylation sites is 1. The summed E-state index contributed by atoms with van der Waals surface area (Å²) in [6.45, 7) is 19.6. The Balaban J connectivity index is 1.46. The molecule has 206 valence electrons. The number of nitrogens with one attached hydrogen (secondary N) is 1. The van der Waals surface area contributed by atoms with Crippen molar-refractivity contribution >= 4 is 14.2 Å². The molecule has 39 heavy (non-hydrogen) atoms. The van der Waals surface area contributed by atoms with E-state index in [1.54, 1.807) is 0 Å². The van der Waals surface area contributed by atoms with Crippen molar-refractivity contribution in [2.45, 2.75) is 64.8 Å². The predicted octanol–water partition coefficient (Wildman–Crippen LogP) is 7.85. The van der Waals surface area contributed by atoms with E-state index in [-0.39, 0.29) is 22.8 Å². The molecule has 0 saturated carbocycles. The Morgan fingerprint density at radius 1 is 1.26 bits per heavy atom. The first-order valence-corrected chi connectivity index (χ1v) is 15.0. The minimum Gasteiger partial charge on any atom is -0.344 e. The van der Waals surface area contributed by atoms with Gasteiger partial charge in [-0.2, -0.15) is 5.26 Å². The SMILES string of the molecule is C=C(/C=C/C=C1/N(CCCOP2NC(C)C(C#N)CO2)c2ccccc2C1(C)C)C(C)(C)c1ccccc1C. The van der Waals surface area contributed by atoms with Crippen LogP contribution < -0.4 is 9.99 Å². The Hall–Kier alpha value is -2.74. The third kappa shape index (κ3) is 6.21. The summed E-state index contributed by atoms with van der Waals surface area (Å²) < 4.78 is 11.8. The lowest BCUT2D eigenvalue weighted by molar-refractivity contribution is 0.182. The van der Waals surface area contributed by atoms with Crippen LogP contribution in [0, 0.1) is 24.2 Å². The first kappa shape index (κ1) is 29.2. The second-order valence-corrected chi connectivity index (χ2v) is 12.9. The molecule has 2 aliphatic rings. The number of aryl methyl sites for hydroxylation is 1. The Labute approximate surface area is 236 Å². The summed E-state index contributed by atoms with van der Waals surface area (Å²) in [7, 11) is -1.15. The van der Waals surface area contributed by atoms with Crippen molar-refractivity contribution in [1.82, 2.24) is 5.09 Å². The number of anilines is 1. The second kappa shape index (κ2) is 12.2. The lowest BCUT2D eigenvalue weighted by atomic mass is 9.76. The Bertz CT molecular complexity index is 1290. The molecule has 3 atom stereocenters. The first-order chi connectivity index (χ1) is 18.6. The number of hydrogen-bond donors (Lipinski definition) is 1. The maximum absolute atomic E-state index is 9.20. The number of rotatable bonds is 9. The van der Waals surface area contributed by atoms with E-state index in [4.69, 9.17) is 9.05 Å². The van der Waals surface area contributed by atoms with Crippen molar-refractivity contribution in [3.63, 3.8) is 0 Å². The molecule has 0 radical (unpaired) electrons. The Morgan fingerprint density at radius 2 is 1.97 bits per heavy atom. The molecule has 0 amide bonds. The monoisotopic (exact) mass is 543 g/mol. The van der Waals surface area contributed by atoms with E-state index in [1.807, 2.05) is 6.92 Å². The highest BCUT2D eigenvalue weighted by Gasteiger charge is 2.39. The van der Waals surface area contributed by atoms with E-state index in [0.717, 1.165) is 18.5 Å². The molecule has 0 spiro atoms. The fourth-order valence-corrected chi connectivity index (χ4v) is 6.80. The first-order valence-electron chi connectivity index (χ1n) is 13.8. The fourth-order valence-electron chi connectivity index (χ4n) is 5.47. The summed E-state index contributed by atoms with van der Waals surface area (Å²) in [5.41, 5.74) is 7.25. The van der Waals surface area contributed by atoms with Crippen LogP contribution in [-0.4, -0.2) is 25.8 Å². The van der Waals surface area contributed by atoms with Gasteiger partial charge in [0, 0.05) is 34.8 Å². The molecule has 3 unspecified atom stereocenters. The lowest BCUT2D eigenvalue weighted by Gasteiger charge is -2.31. The average molecular weight is 544 g/mol. The molecule has 5 nitrogen and oxygen atoms in total. The highest BCUT2D eigenvalue weighted by Crippen LogP contribution is 2.48. The van der Waals surface area contributed by atoms with E-state index in [9.17, 15) is 5.26 Å². The van der Waals surface area contributed by atoms with E-state index >= 15 is 0 Å². The van der Waals surface area contributed by atoms with Gasteiger partial charge in [-0.1, -0.05) is 88.9 Å². The van der Waals surface area contributed by atoms with Crippen molar-refractivity contribution in [3.05, 3.63) is 101 Å². The molecule has 2 aromatic rings. The van der Waals surface area contributed by atoms with Crippen molar-refractivity contribution < 1.29 is 9.05 Å². The Kier molecular flexibility index (Phi) is 9.14. The number of benzene rings is 2. The molecule has 0 aromatic heterocycles. The molecule has 1 fully saturated rings. The van der Waals surface area contributed by atoms with Crippen LogP contribution in [0.3, 0.4) is 0 Å². The zero-order chi connectivity index (χ0) is 28.2. The van der Waals surface area contributed by atoms with Gasteiger partial charge in [0.15, 0.2) is 0 Å². The number of nitrogens with zero attached hydrogens (tertiary/aromatic N) is 2. The molecule has 6 heteroatoms. The molecule has 1 saturated heterocycles. The van der Waals surface area contributed by atoms with Crippen LogP contribution in [-0.2, 0) is 19.9 Å². The normalized spacial score (nSPS) is 23.7. The standard InChI is InChI=1S/C33H42N3O2P/c1-24-14-8-9-16-28(24)32(4,5)25(2)15-12-19-31-33(6,7)29-17-10-11-18-30(29)36(31)20-13-21-37-39-35-26(3)27(22-34)23-38-39/h8-12,14-19,26-27,35H,2,13,20-21,23H2,1,3-7H3/b15-12+,31-19+. The largest absolute Gasteiger partial charge is 0.344 e. The number of allylic oxidation sites excluding steroid dienone is 5. The molecule has 0 aliphatic carbocycles. The summed E-state index contributed by atoms with van der Waals surface area (Å²) in [6, 6.07) is 19.6. The van der Waals surface area contributed by atoms with Gasteiger partial charge >= 0.3 is 0 Å². The van der Waals surface area contributed by atoms with Gasteiger partial charge in [0.05, 0.1) is 25.2 Å². The van der Waals surface area contributed by atoms with Crippen molar-refractivity contribution in [2.24, 2.45) is 5.92 Å². The van der Waals surface area contributed by atoms with Crippen molar-refractivity contribution in [1.29, 1.82) is 5.26 Å². The van der Waals surface area contributed by atoms with Crippen LogP contribution in [0.4, 0.5) is 5.69 Å². The maximum Gasteiger partial charge on any atom is 0.256 e. The van der Waals surface area contributed by atoms with Crippen molar-refractivity contribution in [3.8, 4) is 6.07 Å². The summed E-state index contributed by atoms with van der Waals surface area (Å²) >= 11 is 0. The van der Waals surface area contributed by atoms with Gasteiger partial charge in [0.1, 0.15) is 0 Å². The van der Waals surface area contributed by atoms with Gasteiger partial charge in [-0.3, -0.25) is 0 Å². The third-order valence-corrected chi connectivity index (χ3v) is 9.58. The van der Waals surface area contributed by atoms with Gasteiger partial charge in [-0.05, 0) is 54.7 Å². The predicted molar refractivity (Wildman–Crippen MR) is 163 cm³/mol. The van der Waals surface area contributed by atoms with Crippen LogP contribution >= 0.6 is 8.53 Å². The van der Waals surface area contributed by atoms with Crippen LogP contribution in [0.15, 0.2) is 84.6 Å². The van der Waals surface area contributed by atoms with Crippen molar-refractivity contribution in [2.75, 3.05) is 24.7 Å². The van der Waals surface area contributed by atoms with E-state index in [2.05, 4.69) is 124 Å². The zero-order valence-electron chi connectivity index (χ0n) is 24.2. The molecule has 4 rings (SSSR count). The number of hydrogen-bond acceptors (Lipinski definition) is 5. The molecule has 1 N–H and O–H groups in total. The fraction of sp³-hybridized carbons (Fsp3) is 0.424. The lowest BCUT2D eigenvalue weighted by Crippen LogP contribution is -2.37. The molecule has 2 aliphatic heterocycles. The van der Waals surface area contributed by atoms with Gasteiger partial charge in [-0.15, -0.1) is 0 Å².